The van der Waals surface area contributed by atoms with E-state index in [2.05, 4.69) is 4.90 Å². The van der Waals surface area contributed by atoms with Crippen LogP contribution in [0, 0.1) is 0 Å². The first-order valence-corrected chi connectivity index (χ1v) is 9.64. The Balaban J connectivity index is 1.48. The smallest absolute Gasteiger partial charge is 0.306 e. The zero-order chi connectivity index (χ0) is 18.8. The number of aromatic nitrogens is 1. The second kappa shape index (κ2) is 7.64. The van der Waals surface area contributed by atoms with Crippen molar-refractivity contribution in [1.82, 2.24) is 14.8 Å². The van der Waals surface area contributed by atoms with Crippen LogP contribution in [0.2, 0.25) is 0 Å². The summed E-state index contributed by atoms with van der Waals surface area (Å²) in [5.74, 6) is 0.406. The molecule has 0 atom stereocenters. The van der Waals surface area contributed by atoms with Crippen molar-refractivity contribution in [2.75, 3.05) is 39.8 Å². The van der Waals surface area contributed by atoms with Crippen molar-refractivity contribution >= 4 is 22.8 Å². The Morgan fingerprint density at radius 1 is 1.15 bits per heavy atom. The van der Waals surface area contributed by atoms with Crippen molar-refractivity contribution < 1.29 is 14.3 Å². The number of benzene rings is 1. The summed E-state index contributed by atoms with van der Waals surface area (Å²) in [6, 6.07) is 9.91. The standard InChI is InChI=1S/C21H25N3O3/c1-27-20(25)8-9-23-10-12-24(13-11-23)21(26)17-14-19(15-6-7-15)22-18-5-3-2-4-16(17)18/h2-5,14-15H,6-13H2,1H3. The molecule has 142 valence electrons. The third-order valence-corrected chi connectivity index (χ3v) is 5.48. The summed E-state index contributed by atoms with van der Waals surface area (Å²) in [4.78, 5) is 33.4. The summed E-state index contributed by atoms with van der Waals surface area (Å²) < 4.78 is 4.70. The molecule has 1 aromatic carbocycles. The Labute approximate surface area is 159 Å². The maximum atomic E-state index is 13.2. The molecule has 0 bridgehead atoms. The molecule has 0 N–H and O–H groups in total. The maximum Gasteiger partial charge on any atom is 0.306 e. The van der Waals surface area contributed by atoms with Gasteiger partial charge >= 0.3 is 5.97 Å². The Kier molecular flexibility index (Phi) is 5.07. The molecule has 2 heterocycles. The molecular weight excluding hydrogens is 342 g/mol. The summed E-state index contributed by atoms with van der Waals surface area (Å²) >= 11 is 0. The molecule has 1 saturated heterocycles. The van der Waals surface area contributed by atoms with Crippen molar-refractivity contribution in [3.05, 3.63) is 41.6 Å². The van der Waals surface area contributed by atoms with Gasteiger partial charge in [-0.1, -0.05) is 18.2 Å². The minimum atomic E-state index is -0.190. The number of para-hydroxylation sites is 1. The lowest BCUT2D eigenvalue weighted by atomic mass is 10.0. The maximum absolute atomic E-state index is 13.2. The van der Waals surface area contributed by atoms with Gasteiger partial charge in [0.1, 0.15) is 0 Å². The fourth-order valence-corrected chi connectivity index (χ4v) is 3.66. The van der Waals surface area contributed by atoms with E-state index in [1.165, 1.54) is 7.11 Å². The summed E-state index contributed by atoms with van der Waals surface area (Å²) in [6.45, 7) is 3.59. The Morgan fingerprint density at radius 2 is 1.89 bits per heavy atom. The molecule has 4 rings (SSSR count). The van der Waals surface area contributed by atoms with E-state index in [1.807, 2.05) is 35.2 Å². The highest BCUT2D eigenvalue weighted by Gasteiger charge is 2.29. The van der Waals surface area contributed by atoms with Crippen molar-refractivity contribution in [3.8, 4) is 0 Å². The van der Waals surface area contributed by atoms with E-state index < -0.39 is 0 Å². The monoisotopic (exact) mass is 367 g/mol. The van der Waals surface area contributed by atoms with Crippen LogP contribution in [0.25, 0.3) is 10.9 Å². The zero-order valence-electron chi connectivity index (χ0n) is 15.7. The SMILES string of the molecule is COC(=O)CCN1CCN(C(=O)c2cc(C3CC3)nc3ccccc23)CC1. The number of pyridine rings is 1. The number of nitrogens with zero attached hydrogens (tertiary/aromatic N) is 3. The second-order valence-electron chi connectivity index (χ2n) is 7.35. The molecule has 6 heteroatoms. The number of ether oxygens (including phenoxy) is 1. The average Bonchev–Trinajstić information content (AvgIpc) is 3.56. The zero-order valence-corrected chi connectivity index (χ0v) is 15.7. The molecule has 0 spiro atoms. The van der Waals surface area contributed by atoms with E-state index in [4.69, 9.17) is 9.72 Å². The number of amides is 1. The predicted octanol–water partition coefficient (Wildman–Crippen LogP) is 2.43. The number of fused-ring (bicyclic) bond motifs is 1. The lowest BCUT2D eigenvalue weighted by Gasteiger charge is -2.34. The number of piperazine rings is 1. The number of carbonyl (C=O) groups excluding carboxylic acids is 2. The van der Waals surface area contributed by atoms with E-state index in [0.717, 1.165) is 48.1 Å². The normalized spacial score (nSPS) is 17.9. The van der Waals surface area contributed by atoms with Gasteiger partial charge in [0.2, 0.25) is 0 Å². The second-order valence-corrected chi connectivity index (χ2v) is 7.35. The van der Waals surface area contributed by atoms with Gasteiger partial charge in [-0.2, -0.15) is 0 Å². The minimum absolute atomic E-state index is 0.0862. The van der Waals surface area contributed by atoms with E-state index in [9.17, 15) is 9.59 Å². The van der Waals surface area contributed by atoms with Crippen LogP contribution in [0.3, 0.4) is 0 Å². The molecule has 2 aliphatic rings. The number of rotatable bonds is 5. The summed E-state index contributed by atoms with van der Waals surface area (Å²) in [5.41, 5.74) is 2.72. The van der Waals surface area contributed by atoms with Crippen LogP contribution in [-0.4, -0.2) is 66.5 Å². The molecule has 1 aliphatic heterocycles. The van der Waals surface area contributed by atoms with Gasteiger partial charge in [-0.05, 0) is 25.0 Å². The fraction of sp³-hybridized carbons (Fsp3) is 0.476. The highest BCUT2D eigenvalue weighted by molar-refractivity contribution is 6.06. The Bertz CT molecular complexity index is 855. The molecule has 2 fully saturated rings. The molecule has 0 unspecified atom stereocenters. The molecule has 1 aliphatic carbocycles. The van der Waals surface area contributed by atoms with Crippen LogP contribution < -0.4 is 0 Å². The minimum Gasteiger partial charge on any atom is -0.469 e. The van der Waals surface area contributed by atoms with E-state index in [1.54, 1.807) is 0 Å². The van der Waals surface area contributed by atoms with Crippen molar-refractivity contribution in [3.63, 3.8) is 0 Å². The first-order chi connectivity index (χ1) is 13.2. The average molecular weight is 367 g/mol. The lowest BCUT2D eigenvalue weighted by Crippen LogP contribution is -2.49. The molecule has 6 nitrogen and oxygen atoms in total. The molecule has 27 heavy (non-hydrogen) atoms. The summed E-state index contributed by atoms with van der Waals surface area (Å²) in [5, 5.41) is 0.931. The van der Waals surface area contributed by atoms with Crippen LogP contribution in [-0.2, 0) is 9.53 Å². The van der Waals surface area contributed by atoms with Gasteiger partial charge in [-0.25, -0.2) is 0 Å². The van der Waals surface area contributed by atoms with Crippen LogP contribution >= 0.6 is 0 Å². The van der Waals surface area contributed by atoms with E-state index in [-0.39, 0.29) is 11.9 Å². The Morgan fingerprint density at radius 3 is 2.59 bits per heavy atom. The van der Waals surface area contributed by atoms with Crippen molar-refractivity contribution in [2.24, 2.45) is 0 Å². The van der Waals surface area contributed by atoms with Gasteiger partial charge in [-0.15, -0.1) is 0 Å². The number of hydrogen-bond donors (Lipinski definition) is 0. The van der Waals surface area contributed by atoms with Crippen LogP contribution in [0.5, 0.6) is 0 Å². The van der Waals surface area contributed by atoms with E-state index in [0.29, 0.717) is 32.0 Å². The molecule has 2 aromatic rings. The number of esters is 1. The number of carbonyl (C=O) groups is 2. The van der Waals surface area contributed by atoms with Gasteiger partial charge < -0.3 is 9.64 Å². The summed E-state index contributed by atoms with van der Waals surface area (Å²) in [7, 11) is 1.41. The molecule has 0 radical (unpaired) electrons. The number of hydrogen-bond acceptors (Lipinski definition) is 5. The van der Waals surface area contributed by atoms with Crippen molar-refractivity contribution in [1.29, 1.82) is 0 Å². The lowest BCUT2D eigenvalue weighted by molar-refractivity contribution is -0.141. The topological polar surface area (TPSA) is 62.7 Å². The highest BCUT2D eigenvalue weighted by Crippen LogP contribution is 2.40. The van der Waals surface area contributed by atoms with Crippen LogP contribution in [0.15, 0.2) is 30.3 Å². The molecular formula is C21H25N3O3. The third kappa shape index (κ3) is 3.95. The quantitative estimate of drug-likeness (QED) is 0.760. The van der Waals surface area contributed by atoms with Crippen LogP contribution in [0.1, 0.15) is 41.2 Å². The first-order valence-electron chi connectivity index (χ1n) is 9.64. The fourth-order valence-electron chi connectivity index (χ4n) is 3.66. The van der Waals surface area contributed by atoms with Gasteiger partial charge in [0.15, 0.2) is 0 Å². The highest BCUT2D eigenvalue weighted by atomic mass is 16.5. The molecule has 1 amide bonds. The van der Waals surface area contributed by atoms with Crippen molar-refractivity contribution in [2.45, 2.75) is 25.2 Å². The largest absolute Gasteiger partial charge is 0.469 e. The van der Waals surface area contributed by atoms with Crippen LogP contribution in [0.4, 0.5) is 0 Å². The third-order valence-electron chi connectivity index (χ3n) is 5.48. The predicted molar refractivity (Wildman–Crippen MR) is 103 cm³/mol. The van der Waals surface area contributed by atoms with Gasteiger partial charge in [0.25, 0.3) is 5.91 Å². The summed E-state index contributed by atoms with van der Waals surface area (Å²) in [6.07, 6.45) is 2.72. The molecule has 1 saturated carbocycles. The van der Waals surface area contributed by atoms with Gasteiger partial charge in [0.05, 0.1) is 24.6 Å². The first kappa shape index (κ1) is 17.9. The molecule has 1 aromatic heterocycles. The van der Waals surface area contributed by atoms with E-state index >= 15 is 0 Å². The Hall–Kier alpha value is -2.47. The van der Waals surface area contributed by atoms with Gasteiger partial charge in [-0.3, -0.25) is 19.5 Å². The van der Waals surface area contributed by atoms with Gasteiger partial charge in [0, 0.05) is 49.7 Å². The number of methoxy groups -OCH3 is 1.